The van der Waals surface area contributed by atoms with E-state index in [0.29, 0.717) is 24.5 Å². The Hall–Kier alpha value is -4.84. The largest absolute Gasteiger partial charge is 0.494 e. The number of allylic oxidation sites excluding steroid dienone is 2. The lowest BCUT2D eigenvalue weighted by atomic mass is 10.1. The van der Waals surface area contributed by atoms with Gasteiger partial charge in [0, 0.05) is 5.56 Å². The van der Waals surface area contributed by atoms with Crippen LogP contribution < -0.4 is 18.9 Å². The second kappa shape index (κ2) is 20.4. The highest BCUT2D eigenvalue weighted by atomic mass is 19.1. The number of benzene rings is 4. The Morgan fingerprint density at radius 1 is 0.542 bits per heavy atom. The molecule has 0 saturated carbocycles. The van der Waals surface area contributed by atoms with Gasteiger partial charge in [-0.1, -0.05) is 81.0 Å². The molecule has 48 heavy (non-hydrogen) atoms. The summed E-state index contributed by atoms with van der Waals surface area (Å²) in [4.78, 5) is 12.2. The van der Waals surface area contributed by atoms with E-state index in [0.717, 1.165) is 60.0 Å². The molecule has 0 aliphatic rings. The van der Waals surface area contributed by atoms with Crippen LogP contribution in [-0.2, 0) is 0 Å². The van der Waals surface area contributed by atoms with Crippen LogP contribution in [0.3, 0.4) is 0 Å². The van der Waals surface area contributed by atoms with Gasteiger partial charge >= 0.3 is 0 Å². The van der Waals surface area contributed by atoms with Crippen LogP contribution >= 0.6 is 0 Å². The summed E-state index contributed by atoms with van der Waals surface area (Å²) in [6, 6.07) is 28.8. The first kappa shape index (κ1) is 36.0. The minimum absolute atomic E-state index is 0.180. The predicted octanol–water partition coefficient (Wildman–Crippen LogP) is 10.8. The summed E-state index contributed by atoms with van der Waals surface area (Å²) in [6.45, 7) is 8.28. The van der Waals surface area contributed by atoms with Crippen LogP contribution in [0.4, 0.5) is 4.39 Å². The van der Waals surface area contributed by atoms with Crippen LogP contribution in [0.5, 0.6) is 23.0 Å². The molecule has 0 aromatic heterocycles. The van der Waals surface area contributed by atoms with Crippen LogP contribution in [-0.4, -0.2) is 32.2 Å². The highest BCUT2D eigenvalue weighted by Gasteiger charge is 2.03. The fraction of sp³-hybridized carbons (Fsp3) is 0.310. The molecule has 0 amide bonds. The van der Waals surface area contributed by atoms with E-state index in [1.54, 1.807) is 6.08 Å². The molecule has 5 nitrogen and oxygen atoms in total. The molecule has 0 spiro atoms. The molecule has 0 bridgehead atoms. The molecule has 6 heteroatoms. The number of rotatable bonds is 22. The maximum Gasteiger partial charge on any atom is 0.185 e. The Bertz CT molecular complexity index is 1540. The van der Waals surface area contributed by atoms with E-state index in [1.807, 2.05) is 67.6 Å². The first-order valence-corrected chi connectivity index (χ1v) is 16.9. The summed E-state index contributed by atoms with van der Waals surface area (Å²) < 4.78 is 36.4. The lowest BCUT2D eigenvalue weighted by Crippen LogP contribution is -2.08. The zero-order valence-corrected chi connectivity index (χ0v) is 28.0. The SMILES string of the molecule is C=C(C)c1ccc(OCCCCCCCCCCOc2ccc(OCCOc3ccc(/C=C/C(=O)c4ccc(F)cc4)cc3)cc2)cc1. The van der Waals surface area contributed by atoms with Gasteiger partial charge in [-0.05, 0) is 110 Å². The third-order valence-electron chi connectivity index (χ3n) is 7.80. The van der Waals surface area contributed by atoms with E-state index in [2.05, 4.69) is 18.7 Å². The van der Waals surface area contributed by atoms with Gasteiger partial charge in [-0.15, -0.1) is 0 Å². The average molecular weight is 651 g/mol. The monoisotopic (exact) mass is 650 g/mol. The highest BCUT2D eigenvalue weighted by molar-refractivity contribution is 6.06. The summed E-state index contributed by atoms with van der Waals surface area (Å²) in [7, 11) is 0. The molecule has 0 fully saturated rings. The molecule has 0 radical (unpaired) electrons. The molecule has 0 aliphatic carbocycles. The molecule has 0 unspecified atom stereocenters. The maximum atomic E-state index is 13.0. The van der Waals surface area contributed by atoms with Crippen molar-refractivity contribution in [3.05, 3.63) is 132 Å². The Kier molecular flexibility index (Phi) is 15.3. The van der Waals surface area contributed by atoms with Crippen molar-refractivity contribution in [3.63, 3.8) is 0 Å². The highest BCUT2D eigenvalue weighted by Crippen LogP contribution is 2.20. The minimum atomic E-state index is -0.366. The van der Waals surface area contributed by atoms with Gasteiger partial charge in [0.15, 0.2) is 5.78 Å². The number of ether oxygens (including phenoxy) is 4. The fourth-order valence-corrected chi connectivity index (χ4v) is 4.99. The Morgan fingerprint density at radius 2 is 0.917 bits per heavy atom. The second-order valence-electron chi connectivity index (χ2n) is 11.8. The Morgan fingerprint density at radius 3 is 1.38 bits per heavy atom. The van der Waals surface area contributed by atoms with E-state index >= 15 is 0 Å². The lowest BCUT2D eigenvalue weighted by molar-refractivity contribution is 0.104. The number of hydrogen-bond acceptors (Lipinski definition) is 5. The molecule has 252 valence electrons. The fourth-order valence-electron chi connectivity index (χ4n) is 4.99. The predicted molar refractivity (Wildman–Crippen MR) is 193 cm³/mol. The summed E-state index contributed by atoms with van der Waals surface area (Å²) >= 11 is 0. The molecule has 0 saturated heterocycles. The second-order valence-corrected chi connectivity index (χ2v) is 11.8. The van der Waals surface area contributed by atoms with Crippen molar-refractivity contribution >= 4 is 17.4 Å². The van der Waals surface area contributed by atoms with Gasteiger partial charge in [0.1, 0.15) is 42.0 Å². The van der Waals surface area contributed by atoms with Crippen molar-refractivity contribution in [2.75, 3.05) is 26.4 Å². The van der Waals surface area contributed by atoms with Crippen molar-refractivity contribution in [1.29, 1.82) is 0 Å². The molecule has 0 aliphatic heterocycles. The number of carbonyl (C=O) groups is 1. The van der Waals surface area contributed by atoms with E-state index in [9.17, 15) is 9.18 Å². The third kappa shape index (κ3) is 13.5. The van der Waals surface area contributed by atoms with Crippen molar-refractivity contribution in [1.82, 2.24) is 0 Å². The van der Waals surface area contributed by atoms with Gasteiger partial charge in [-0.3, -0.25) is 4.79 Å². The van der Waals surface area contributed by atoms with Gasteiger partial charge in [0.05, 0.1) is 13.2 Å². The first-order valence-electron chi connectivity index (χ1n) is 16.9. The third-order valence-corrected chi connectivity index (χ3v) is 7.80. The van der Waals surface area contributed by atoms with E-state index < -0.39 is 0 Å². The first-order chi connectivity index (χ1) is 23.5. The molecular weight excluding hydrogens is 603 g/mol. The van der Waals surface area contributed by atoms with Gasteiger partial charge in [-0.2, -0.15) is 0 Å². The zero-order chi connectivity index (χ0) is 33.8. The molecule has 0 atom stereocenters. The Labute approximate surface area is 285 Å². The normalized spacial score (nSPS) is 11.0. The number of ketones is 1. The smallest absolute Gasteiger partial charge is 0.185 e. The maximum absolute atomic E-state index is 13.0. The quantitative estimate of drug-likeness (QED) is 0.0481. The summed E-state index contributed by atoms with van der Waals surface area (Å²) in [5, 5.41) is 0. The van der Waals surface area contributed by atoms with Crippen molar-refractivity contribution in [2.24, 2.45) is 0 Å². The van der Waals surface area contributed by atoms with Gasteiger partial charge in [-0.25, -0.2) is 4.39 Å². The standard InChI is InChI=1S/C42H47FO5/c1-33(2)35-16-22-39(23-17-35)45-29-9-7-5-3-4-6-8-10-30-46-40-24-26-41(27-25-40)48-32-31-47-38-20-11-34(12-21-38)13-28-42(44)36-14-18-37(43)19-15-36/h11-28H,1,3-10,29-32H2,2H3/b28-13+. The number of unbranched alkanes of at least 4 members (excludes halogenated alkanes) is 7. The van der Waals surface area contributed by atoms with Gasteiger partial charge in [0.2, 0.25) is 0 Å². The lowest BCUT2D eigenvalue weighted by Gasteiger charge is -2.10. The van der Waals surface area contributed by atoms with Crippen molar-refractivity contribution in [2.45, 2.75) is 58.3 Å². The number of carbonyl (C=O) groups excluding carboxylic acids is 1. The molecule has 0 heterocycles. The summed E-state index contributed by atoms with van der Waals surface area (Å²) in [6.07, 6.45) is 12.8. The minimum Gasteiger partial charge on any atom is -0.494 e. The molecule has 4 aromatic rings. The number of halogens is 1. The molecule has 4 aromatic carbocycles. The molecule has 0 N–H and O–H groups in total. The van der Waals surface area contributed by atoms with E-state index in [4.69, 9.17) is 18.9 Å². The zero-order valence-electron chi connectivity index (χ0n) is 28.0. The van der Waals surface area contributed by atoms with Crippen LogP contribution in [0.1, 0.15) is 79.8 Å². The van der Waals surface area contributed by atoms with E-state index in [1.165, 1.54) is 68.9 Å². The topological polar surface area (TPSA) is 54.0 Å². The van der Waals surface area contributed by atoms with Crippen LogP contribution in [0.2, 0.25) is 0 Å². The number of hydrogen-bond donors (Lipinski definition) is 0. The van der Waals surface area contributed by atoms with Gasteiger partial charge in [0.25, 0.3) is 0 Å². The summed E-state index contributed by atoms with van der Waals surface area (Å²) in [5.74, 6) is 2.71. The van der Waals surface area contributed by atoms with Gasteiger partial charge < -0.3 is 18.9 Å². The average Bonchev–Trinajstić information content (AvgIpc) is 3.11. The van der Waals surface area contributed by atoms with E-state index in [-0.39, 0.29) is 11.6 Å². The van der Waals surface area contributed by atoms with Crippen molar-refractivity contribution in [3.8, 4) is 23.0 Å². The molecular formula is C42H47FO5. The van der Waals surface area contributed by atoms with Crippen LogP contribution in [0.25, 0.3) is 11.6 Å². The summed E-state index contributed by atoms with van der Waals surface area (Å²) in [5.41, 5.74) is 3.53. The Balaban J connectivity index is 0.971. The van der Waals surface area contributed by atoms with Crippen LogP contribution in [0.15, 0.2) is 110 Å². The molecule has 4 rings (SSSR count). The van der Waals surface area contributed by atoms with Crippen molar-refractivity contribution < 1.29 is 28.1 Å². The van der Waals surface area contributed by atoms with Crippen LogP contribution in [0, 0.1) is 5.82 Å².